The molecule has 0 aliphatic heterocycles. The van der Waals surface area contributed by atoms with E-state index in [4.69, 9.17) is 5.26 Å². The minimum absolute atomic E-state index is 0.234. The first-order chi connectivity index (χ1) is 8.19. The Balaban J connectivity index is 1.97. The van der Waals surface area contributed by atoms with Gasteiger partial charge in [-0.1, -0.05) is 6.92 Å². The summed E-state index contributed by atoms with van der Waals surface area (Å²) in [5.74, 6) is 0.533. The van der Waals surface area contributed by atoms with Crippen molar-refractivity contribution in [3.63, 3.8) is 0 Å². The molecule has 0 amide bonds. The number of nitrogens with zero attached hydrogens (tertiary/aromatic N) is 1. The monoisotopic (exact) mass is 232 g/mol. The second-order valence-corrected chi connectivity index (χ2v) is 4.91. The summed E-state index contributed by atoms with van der Waals surface area (Å²) >= 11 is 0. The number of nitrogens with one attached hydrogen (secondary N) is 1. The number of benzene rings is 1. The molecule has 0 radical (unpaired) electrons. The van der Waals surface area contributed by atoms with Crippen LogP contribution < -0.4 is 5.32 Å². The van der Waals surface area contributed by atoms with Gasteiger partial charge in [0, 0.05) is 18.2 Å². The van der Waals surface area contributed by atoms with E-state index in [9.17, 15) is 4.39 Å². The van der Waals surface area contributed by atoms with Crippen molar-refractivity contribution in [2.45, 2.75) is 38.8 Å². The normalized spacial score (nSPS) is 23.6. The predicted molar refractivity (Wildman–Crippen MR) is 64.8 cm³/mol. The molecule has 2 nitrogen and oxygen atoms in total. The van der Waals surface area contributed by atoms with Crippen molar-refractivity contribution >= 4 is 0 Å². The zero-order chi connectivity index (χ0) is 12.3. The van der Waals surface area contributed by atoms with Crippen LogP contribution in [-0.4, -0.2) is 6.04 Å². The first-order valence-electron chi connectivity index (χ1n) is 6.11. The summed E-state index contributed by atoms with van der Waals surface area (Å²) < 4.78 is 13.5. The van der Waals surface area contributed by atoms with Crippen molar-refractivity contribution in [2.75, 3.05) is 0 Å². The van der Waals surface area contributed by atoms with Crippen LogP contribution in [0, 0.1) is 23.1 Å². The van der Waals surface area contributed by atoms with Crippen molar-refractivity contribution in [1.82, 2.24) is 5.32 Å². The Morgan fingerprint density at radius 3 is 2.94 bits per heavy atom. The summed E-state index contributed by atoms with van der Waals surface area (Å²) in [7, 11) is 0. The highest BCUT2D eigenvalue weighted by Crippen LogP contribution is 2.25. The molecule has 0 bridgehead atoms. The van der Waals surface area contributed by atoms with Crippen molar-refractivity contribution in [3.05, 3.63) is 35.1 Å². The van der Waals surface area contributed by atoms with Crippen molar-refractivity contribution < 1.29 is 4.39 Å². The van der Waals surface area contributed by atoms with Crippen LogP contribution in [0.1, 0.15) is 37.3 Å². The quantitative estimate of drug-likeness (QED) is 0.869. The fourth-order valence-electron chi connectivity index (χ4n) is 2.43. The van der Waals surface area contributed by atoms with Gasteiger partial charge in [0.05, 0.1) is 11.6 Å². The zero-order valence-electron chi connectivity index (χ0n) is 10.0. The molecule has 0 aromatic heterocycles. The van der Waals surface area contributed by atoms with Crippen LogP contribution in [0.4, 0.5) is 4.39 Å². The number of halogens is 1. The minimum atomic E-state index is -0.234. The fourth-order valence-corrected chi connectivity index (χ4v) is 2.43. The Morgan fingerprint density at radius 2 is 2.29 bits per heavy atom. The van der Waals surface area contributed by atoms with Gasteiger partial charge < -0.3 is 5.32 Å². The van der Waals surface area contributed by atoms with Gasteiger partial charge in [-0.3, -0.25) is 0 Å². The maximum absolute atomic E-state index is 13.5. The SMILES string of the molecule is CC1CCC(NCc2cc(C#N)ccc2F)C1. The third-order valence-electron chi connectivity index (χ3n) is 3.45. The highest BCUT2D eigenvalue weighted by atomic mass is 19.1. The molecular weight excluding hydrogens is 215 g/mol. The second kappa shape index (κ2) is 5.29. The Kier molecular flexibility index (Phi) is 3.75. The topological polar surface area (TPSA) is 35.8 Å². The van der Waals surface area contributed by atoms with E-state index < -0.39 is 0 Å². The van der Waals surface area contributed by atoms with Gasteiger partial charge in [0.2, 0.25) is 0 Å². The maximum Gasteiger partial charge on any atom is 0.127 e. The molecule has 2 rings (SSSR count). The molecule has 0 saturated heterocycles. The van der Waals surface area contributed by atoms with Crippen LogP contribution in [0.5, 0.6) is 0 Å². The number of nitriles is 1. The fraction of sp³-hybridized carbons (Fsp3) is 0.500. The molecule has 2 unspecified atom stereocenters. The van der Waals surface area contributed by atoms with Crippen molar-refractivity contribution in [3.8, 4) is 6.07 Å². The van der Waals surface area contributed by atoms with Crippen LogP contribution >= 0.6 is 0 Å². The second-order valence-electron chi connectivity index (χ2n) is 4.91. The molecule has 1 aliphatic carbocycles. The summed E-state index contributed by atoms with van der Waals surface area (Å²) in [4.78, 5) is 0. The molecule has 90 valence electrons. The largest absolute Gasteiger partial charge is 0.310 e. The smallest absolute Gasteiger partial charge is 0.127 e. The number of hydrogen-bond donors (Lipinski definition) is 1. The van der Waals surface area contributed by atoms with E-state index in [1.54, 1.807) is 6.07 Å². The lowest BCUT2D eigenvalue weighted by atomic mass is 10.1. The van der Waals surface area contributed by atoms with Crippen LogP contribution in [0.2, 0.25) is 0 Å². The Hall–Kier alpha value is -1.40. The van der Waals surface area contributed by atoms with Gasteiger partial charge >= 0.3 is 0 Å². The molecule has 1 aromatic rings. The molecule has 1 fully saturated rings. The zero-order valence-corrected chi connectivity index (χ0v) is 10.0. The summed E-state index contributed by atoms with van der Waals surface area (Å²) in [5.41, 5.74) is 1.10. The molecular formula is C14H17FN2. The van der Waals surface area contributed by atoms with E-state index in [-0.39, 0.29) is 5.82 Å². The molecule has 0 spiro atoms. The van der Waals surface area contributed by atoms with Gasteiger partial charge in [-0.2, -0.15) is 5.26 Å². The van der Waals surface area contributed by atoms with E-state index in [2.05, 4.69) is 12.2 Å². The average molecular weight is 232 g/mol. The van der Waals surface area contributed by atoms with Crippen LogP contribution in [0.15, 0.2) is 18.2 Å². The molecule has 0 heterocycles. The molecule has 17 heavy (non-hydrogen) atoms. The lowest BCUT2D eigenvalue weighted by molar-refractivity contribution is 0.491. The summed E-state index contributed by atoms with van der Waals surface area (Å²) in [6.45, 7) is 2.76. The van der Waals surface area contributed by atoms with Gasteiger partial charge in [-0.15, -0.1) is 0 Å². The summed E-state index contributed by atoms with van der Waals surface area (Å²) in [6, 6.07) is 7.03. The summed E-state index contributed by atoms with van der Waals surface area (Å²) in [5, 5.41) is 12.1. The highest BCUT2D eigenvalue weighted by Gasteiger charge is 2.20. The van der Waals surface area contributed by atoms with Gasteiger partial charge in [-0.25, -0.2) is 4.39 Å². The van der Waals surface area contributed by atoms with E-state index >= 15 is 0 Å². The summed E-state index contributed by atoms with van der Waals surface area (Å²) in [6.07, 6.45) is 3.58. The number of hydrogen-bond acceptors (Lipinski definition) is 2. The van der Waals surface area contributed by atoms with Crippen LogP contribution in [-0.2, 0) is 6.54 Å². The van der Waals surface area contributed by atoms with E-state index in [1.165, 1.54) is 31.4 Å². The molecule has 1 saturated carbocycles. The van der Waals surface area contributed by atoms with Gasteiger partial charge in [0.15, 0.2) is 0 Å². The Bertz CT molecular complexity index is 436. The minimum Gasteiger partial charge on any atom is -0.310 e. The van der Waals surface area contributed by atoms with E-state index in [0.717, 1.165) is 5.92 Å². The first-order valence-corrected chi connectivity index (χ1v) is 6.11. The van der Waals surface area contributed by atoms with Gasteiger partial charge in [0.1, 0.15) is 5.82 Å². The molecule has 1 aromatic carbocycles. The van der Waals surface area contributed by atoms with E-state index in [0.29, 0.717) is 23.7 Å². The Labute approximate surface area is 101 Å². The first kappa shape index (κ1) is 12.1. The lowest BCUT2D eigenvalue weighted by Crippen LogP contribution is -2.26. The van der Waals surface area contributed by atoms with Crippen LogP contribution in [0.3, 0.4) is 0 Å². The lowest BCUT2D eigenvalue weighted by Gasteiger charge is -2.12. The third kappa shape index (κ3) is 3.04. The Morgan fingerprint density at radius 1 is 1.47 bits per heavy atom. The van der Waals surface area contributed by atoms with Crippen molar-refractivity contribution in [1.29, 1.82) is 5.26 Å². The third-order valence-corrected chi connectivity index (χ3v) is 3.45. The average Bonchev–Trinajstić information content (AvgIpc) is 2.74. The van der Waals surface area contributed by atoms with E-state index in [1.807, 2.05) is 6.07 Å². The van der Waals surface area contributed by atoms with Crippen LogP contribution in [0.25, 0.3) is 0 Å². The highest BCUT2D eigenvalue weighted by molar-refractivity contribution is 5.33. The predicted octanol–water partition coefficient (Wildman–Crippen LogP) is 2.98. The molecule has 3 heteroatoms. The standard InChI is InChI=1S/C14H17FN2/c1-10-2-4-13(6-10)17-9-12-7-11(8-16)3-5-14(12)15/h3,5,7,10,13,17H,2,4,6,9H2,1H3. The molecule has 1 N–H and O–H groups in total. The molecule has 2 atom stereocenters. The molecule has 1 aliphatic rings. The number of rotatable bonds is 3. The van der Waals surface area contributed by atoms with Crippen molar-refractivity contribution in [2.24, 2.45) is 5.92 Å². The van der Waals surface area contributed by atoms with Gasteiger partial charge in [0.25, 0.3) is 0 Å². The van der Waals surface area contributed by atoms with Gasteiger partial charge in [-0.05, 0) is 43.4 Å². The maximum atomic E-state index is 13.5.